The van der Waals surface area contributed by atoms with Gasteiger partial charge in [0.05, 0.1) is 9.95 Å². The van der Waals surface area contributed by atoms with Crippen LogP contribution in [0.5, 0.6) is 0 Å². The molecule has 1 aromatic heterocycles. The number of nitrogens with zero attached hydrogens (tertiary/aromatic N) is 2. The van der Waals surface area contributed by atoms with Crippen molar-refractivity contribution < 1.29 is 14.1 Å². The van der Waals surface area contributed by atoms with Gasteiger partial charge in [0.1, 0.15) is 23.2 Å². The number of amides is 1. The number of hydrogen-bond acceptors (Lipinski definition) is 5. The van der Waals surface area contributed by atoms with E-state index in [1.54, 1.807) is 12.1 Å². The molecule has 7 nitrogen and oxygen atoms in total. The fourth-order valence-electron chi connectivity index (χ4n) is 3.19. The van der Waals surface area contributed by atoms with E-state index in [2.05, 4.69) is 5.32 Å². The summed E-state index contributed by atoms with van der Waals surface area (Å²) in [6.07, 6.45) is 6.55. The molecule has 8 heteroatoms. The molecule has 1 heterocycles. The molecule has 1 N–H and O–H groups in total. The van der Waals surface area contributed by atoms with E-state index in [9.17, 15) is 20.2 Å². The second-order valence-corrected chi connectivity index (χ2v) is 7.01. The van der Waals surface area contributed by atoms with Gasteiger partial charge in [-0.15, -0.1) is 0 Å². The Bertz CT molecular complexity index is 968. The average Bonchev–Trinajstić information content (AvgIpc) is 3.15. The second-order valence-electron chi connectivity index (χ2n) is 6.60. The van der Waals surface area contributed by atoms with Gasteiger partial charge in [-0.05, 0) is 31.0 Å². The van der Waals surface area contributed by atoms with Gasteiger partial charge in [0.15, 0.2) is 0 Å². The molecule has 0 saturated heterocycles. The highest BCUT2D eigenvalue weighted by atomic mass is 35.5. The lowest BCUT2D eigenvalue weighted by molar-refractivity contribution is -0.384. The van der Waals surface area contributed by atoms with Crippen LogP contribution in [0.1, 0.15) is 37.9 Å². The first-order valence-corrected chi connectivity index (χ1v) is 9.32. The van der Waals surface area contributed by atoms with Crippen LogP contribution in [0.3, 0.4) is 0 Å². The second kappa shape index (κ2) is 8.72. The number of non-ortho nitro benzene ring substituents is 1. The summed E-state index contributed by atoms with van der Waals surface area (Å²) in [4.78, 5) is 22.6. The van der Waals surface area contributed by atoms with Crippen molar-refractivity contribution in [2.45, 2.75) is 38.1 Å². The van der Waals surface area contributed by atoms with Crippen molar-refractivity contribution in [1.29, 1.82) is 5.26 Å². The maximum absolute atomic E-state index is 12.4. The number of halogens is 1. The molecular formula is C20H18ClN3O4. The van der Waals surface area contributed by atoms with Crippen LogP contribution in [0.15, 0.2) is 40.3 Å². The smallest absolute Gasteiger partial charge is 0.270 e. The van der Waals surface area contributed by atoms with Crippen LogP contribution >= 0.6 is 11.6 Å². The maximum atomic E-state index is 12.4. The van der Waals surface area contributed by atoms with E-state index in [1.165, 1.54) is 30.7 Å². The Labute approximate surface area is 166 Å². The Balaban J connectivity index is 1.77. The average molecular weight is 400 g/mol. The monoisotopic (exact) mass is 399 g/mol. The molecule has 2 aromatic rings. The number of rotatable bonds is 5. The standard InChI is InChI=1S/C20H18ClN3O4/c21-18-11-15(24(26)27)6-8-17(18)19-9-7-16(28-19)10-13(12-22)20(25)23-14-4-2-1-3-5-14/h6-11,14H,1-5H2,(H,23,25). The SMILES string of the molecule is N#CC(=Cc1ccc(-c2ccc([N+](=O)[O-])cc2Cl)o1)C(=O)NC1CCCCC1. The zero-order chi connectivity index (χ0) is 20.1. The summed E-state index contributed by atoms with van der Waals surface area (Å²) in [7, 11) is 0. The fourth-order valence-corrected chi connectivity index (χ4v) is 3.46. The van der Waals surface area contributed by atoms with Crippen LogP contribution in [-0.4, -0.2) is 16.9 Å². The van der Waals surface area contributed by atoms with Gasteiger partial charge in [-0.25, -0.2) is 0 Å². The Morgan fingerprint density at radius 2 is 2.04 bits per heavy atom. The number of furan rings is 1. The molecule has 0 unspecified atom stereocenters. The molecule has 0 spiro atoms. The van der Waals surface area contributed by atoms with Crippen molar-refractivity contribution >= 4 is 29.3 Å². The molecule has 0 atom stereocenters. The largest absolute Gasteiger partial charge is 0.457 e. The lowest BCUT2D eigenvalue weighted by atomic mass is 9.95. The summed E-state index contributed by atoms with van der Waals surface area (Å²) in [5, 5.41) is 23.2. The van der Waals surface area contributed by atoms with Gasteiger partial charge < -0.3 is 9.73 Å². The molecule has 0 bridgehead atoms. The molecule has 0 radical (unpaired) electrons. The first-order chi connectivity index (χ1) is 13.5. The number of hydrogen-bond donors (Lipinski definition) is 1. The van der Waals surface area contributed by atoms with Crippen LogP contribution in [0.25, 0.3) is 17.4 Å². The summed E-state index contributed by atoms with van der Waals surface area (Å²) in [5.74, 6) is 0.289. The Morgan fingerprint density at radius 3 is 2.68 bits per heavy atom. The predicted molar refractivity (Wildman–Crippen MR) is 104 cm³/mol. The molecule has 144 valence electrons. The predicted octanol–water partition coefficient (Wildman–Crippen LogP) is 4.86. The first kappa shape index (κ1) is 19.6. The Hall–Kier alpha value is -3.11. The summed E-state index contributed by atoms with van der Waals surface area (Å²) in [5.41, 5.74) is 0.324. The lowest BCUT2D eigenvalue weighted by Crippen LogP contribution is -2.36. The van der Waals surface area contributed by atoms with Crippen molar-refractivity contribution in [3.8, 4) is 17.4 Å². The third-order valence-corrected chi connectivity index (χ3v) is 4.96. The van der Waals surface area contributed by atoms with Crippen LogP contribution in [0.4, 0.5) is 5.69 Å². The van der Waals surface area contributed by atoms with E-state index >= 15 is 0 Å². The Morgan fingerprint density at radius 1 is 1.29 bits per heavy atom. The van der Waals surface area contributed by atoms with Gasteiger partial charge in [0, 0.05) is 29.8 Å². The summed E-state index contributed by atoms with van der Waals surface area (Å²) in [6.45, 7) is 0. The zero-order valence-corrected chi connectivity index (χ0v) is 15.7. The van der Waals surface area contributed by atoms with E-state index < -0.39 is 10.8 Å². The number of nitro groups is 1. The fraction of sp³-hybridized carbons (Fsp3) is 0.300. The number of benzene rings is 1. The minimum Gasteiger partial charge on any atom is -0.457 e. The number of carbonyl (C=O) groups is 1. The number of nitro benzene ring substituents is 1. The van der Waals surface area contributed by atoms with Crippen molar-refractivity contribution in [3.05, 3.63) is 56.8 Å². The normalized spacial score (nSPS) is 15.1. The summed E-state index contributed by atoms with van der Waals surface area (Å²) >= 11 is 6.11. The van der Waals surface area contributed by atoms with Crippen molar-refractivity contribution in [2.75, 3.05) is 0 Å². The van der Waals surface area contributed by atoms with Crippen molar-refractivity contribution in [2.24, 2.45) is 0 Å². The van der Waals surface area contributed by atoms with Gasteiger partial charge in [-0.1, -0.05) is 30.9 Å². The molecule has 1 amide bonds. The van der Waals surface area contributed by atoms with Crippen LogP contribution < -0.4 is 5.32 Å². The van der Waals surface area contributed by atoms with Gasteiger partial charge in [0.25, 0.3) is 11.6 Å². The van der Waals surface area contributed by atoms with E-state index in [0.717, 1.165) is 25.7 Å². The minimum atomic E-state index is -0.532. The van der Waals surface area contributed by atoms with Crippen LogP contribution in [0.2, 0.25) is 5.02 Å². The number of nitrogens with one attached hydrogen (secondary N) is 1. The highest BCUT2D eigenvalue weighted by Gasteiger charge is 2.19. The van der Waals surface area contributed by atoms with Gasteiger partial charge in [-0.3, -0.25) is 14.9 Å². The third-order valence-electron chi connectivity index (χ3n) is 4.65. The van der Waals surface area contributed by atoms with E-state index in [4.69, 9.17) is 16.0 Å². The molecule has 0 aliphatic heterocycles. The van der Waals surface area contributed by atoms with Gasteiger partial charge >= 0.3 is 0 Å². The van der Waals surface area contributed by atoms with Gasteiger partial charge in [-0.2, -0.15) is 5.26 Å². The number of carbonyl (C=O) groups excluding carboxylic acids is 1. The van der Waals surface area contributed by atoms with Crippen LogP contribution in [-0.2, 0) is 4.79 Å². The molecule has 1 fully saturated rings. The maximum Gasteiger partial charge on any atom is 0.270 e. The van der Waals surface area contributed by atoms with E-state index in [1.807, 2.05) is 6.07 Å². The van der Waals surface area contributed by atoms with E-state index in [-0.39, 0.29) is 22.3 Å². The van der Waals surface area contributed by atoms with Crippen molar-refractivity contribution in [3.63, 3.8) is 0 Å². The molecule has 1 aliphatic carbocycles. The lowest BCUT2D eigenvalue weighted by Gasteiger charge is -2.22. The molecule has 1 aromatic carbocycles. The molecule has 3 rings (SSSR count). The van der Waals surface area contributed by atoms with Gasteiger partial charge in [0.2, 0.25) is 0 Å². The first-order valence-electron chi connectivity index (χ1n) is 8.94. The molecular weight excluding hydrogens is 382 g/mol. The van der Waals surface area contributed by atoms with Crippen LogP contribution in [0, 0.1) is 21.4 Å². The minimum absolute atomic E-state index is 0.0405. The molecule has 28 heavy (non-hydrogen) atoms. The highest BCUT2D eigenvalue weighted by molar-refractivity contribution is 6.33. The van der Waals surface area contributed by atoms with E-state index in [0.29, 0.717) is 17.1 Å². The quantitative estimate of drug-likeness (QED) is 0.334. The Kier molecular flexibility index (Phi) is 6.12. The number of nitriles is 1. The zero-order valence-electron chi connectivity index (χ0n) is 15.0. The molecule has 1 saturated carbocycles. The highest BCUT2D eigenvalue weighted by Crippen LogP contribution is 2.32. The molecule has 1 aliphatic rings. The summed E-state index contributed by atoms with van der Waals surface area (Å²) in [6, 6.07) is 9.32. The summed E-state index contributed by atoms with van der Waals surface area (Å²) < 4.78 is 5.66. The topological polar surface area (TPSA) is 109 Å². The third kappa shape index (κ3) is 4.59. The van der Waals surface area contributed by atoms with Crippen molar-refractivity contribution in [1.82, 2.24) is 5.32 Å².